The molecule has 0 aromatic heterocycles. The first-order chi connectivity index (χ1) is 8.18. The van der Waals surface area contributed by atoms with Crippen molar-refractivity contribution in [2.24, 2.45) is 5.92 Å². The molecule has 0 amide bonds. The molecule has 0 radical (unpaired) electrons. The van der Waals surface area contributed by atoms with Crippen molar-refractivity contribution >= 4 is 5.97 Å². The van der Waals surface area contributed by atoms with Crippen LogP contribution in [0.15, 0.2) is 0 Å². The summed E-state index contributed by atoms with van der Waals surface area (Å²) in [6.45, 7) is 7.30. The van der Waals surface area contributed by atoms with Crippen LogP contribution < -0.4 is 5.32 Å². The molecule has 4 heteroatoms. The molecule has 0 aromatic carbocycles. The molecule has 0 aliphatic carbocycles. The number of esters is 1. The smallest absolute Gasteiger partial charge is 0.308 e. The van der Waals surface area contributed by atoms with Gasteiger partial charge in [-0.05, 0) is 38.3 Å². The van der Waals surface area contributed by atoms with Gasteiger partial charge in [0, 0.05) is 0 Å². The van der Waals surface area contributed by atoms with Crippen molar-refractivity contribution in [1.82, 2.24) is 5.32 Å². The zero-order chi connectivity index (χ0) is 12.5. The van der Waals surface area contributed by atoms with Crippen LogP contribution >= 0.6 is 0 Å². The second-order valence-corrected chi connectivity index (χ2v) is 4.97. The Balaban J connectivity index is 1.95. The topological polar surface area (TPSA) is 47.6 Å². The lowest BCUT2D eigenvalue weighted by molar-refractivity contribution is -0.145. The molecule has 0 saturated carbocycles. The molecule has 1 heterocycles. The molecule has 1 aliphatic rings. The highest BCUT2D eigenvalue weighted by Crippen LogP contribution is 2.07. The van der Waals surface area contributed by atoms with Crippen LogP contribution in [0.5, 0.6) is 0 Å². The van der Waals surface area contributed by atoms with Gasteiger partial charge in [0.25, 0.3) is 0 Å². The van der Waals surface area contributed by atoms with Crippen molar-refractivity contribution < 1.29 is 14.3 Å². The van der Waals surface area contributed by atoms with Crippen LogP contribution in [0.2, 0.25) is 0 Å². The van der Waals surface area contributed by atoms with E-state index in [1.807, 2.05) is 0 Å². The maximum absolute atomic E-state index is 11.4. The molecule has 0 unspecified atom stereocenters. The quantitative estimate of drug-likeness (QED) is 0.692. The van der Waals surface area contributed by atoms with Crippen LogP contribution in [0.25, 0.3) is 0 Å². The van der Waals surface area contributed by atoms with E-state index in [-0.39, 0.29) is 5.97 Å². The number of hydrogen-bond acceptors (Lipinski definition) is 4. The van der Waals surface area contributed by atoms with Crippen molar-refractivity contribution in [3.8, 4) is 0 Å². The number of ether oxygens (including phenoxy) is 2. The number of piperidine rings is 1. The van der Waals surface area contributed by atoms with Gasteiger partial charge >= 0.3 is 5.97 Å². The normalized spacial score (nSPS) is 17.4. The number of hydrogen-bond donors (Lipinski definition) is 1. The summed E-state index contributed by atoms with van der Waals surface area (Å²) in [5.41, 5.74) is 0. The van der Waals surface area contributed by atoms with Crippen molar-refractivity contribution in [2.75, 3.05) is 26.3 Å². The molecule has 0 bridgehead atoms. The van der Waals surface area contributed by atoms with E-state index in [4.69, 9.17) is 9.47 Å². The largest absolute Gasteiger partial charge is 0.466 e. The Morgan fingerprint density at radius 3 is 2.65 bits per heavy atom. The van der Waals surface area contributed by atoms with Crippen molar-refractivity contribution in [3.63, 3.8) is 0 Å². The summed E-state index contributed by atoms with van der Waals surface area (Å²) in [6.07, 6.45) is 3.72. The fourth-order valence-electron chi connectivity index (χ4n) is 1.75. The first-order valence-corrected chi connectivity index (χ1v) is 6.66. The molecule has 100 valence electrons. The summed E-state index contributed by atoms with van der Waals surface area (Å²) in [6, 6.07) is 0. The second-order valence-electron chi connectivity index (χ2n) is 4.97. The van der Waals surface area contributed by atoms with Gasteiger partial charge in [0.15, 0.2) is 0 Å². The third-order valence-electron chi connectivity index (χ3n) is 2.90. The van der Waals surface area contributed by atoms with Gasteiger partial charge in [-0.15, -0.1) is 0 Å². The molecule has 17 heavy (non-hydrogen) atoms. The SMILES string of the molecule is CC(C)CCOC(=O)CCOC1CCNCC1. The highest BCUT2D eigenvalue weighted by atomic mass is 16.5. The predicted octanol–water partition coefficient (Wildman–Crippen LogP) is 1.73. The second kappa shape index (κ2) is 8.48. The summed E-state index contributed by atoms with van der Waals surface area (Å²) >= 11 is 0. The van der Waals surface area contributed by atoms with Crippen molar-refractivity contribution in [1.29, 1.82) is 0 Å². The molecule has 4 nitrogen and oxygen atoms in total. The maximum atomic E-state index is 11.4. The zero-order valence-electron chi connectivity index (χ0n) is 11.0. The van der Waals surface area contributed by atoms with E-state index in [0.717, 1.165) is 32.4 Å². The van der Waals surface area contributed by atoms with Gasteiger partial charge in [-0.2, -0.15) is 0 Å². The minimum atomic E-state index is -0.139. The summed E-state index contributed by atoms with van der Waals surface area (Å²) in [5.74, 6) is 0.438. The van der Waals surface area contributed by atoms with E-state index in [9.17, 15) is 4.79 Å². The Hall–Kier alpha value is -0.610. The fraction of sp³-hybridized carbons (Fsp3) is 0.923. The van der Waals surface area contributed by atoms with Crippen molar-refractivity contribution in [2.45, 2.75) is 45.6 Å². The third-order valence-corrected chi connectivity index (χ3v) is 2.90. The average Bonchev–Trinajstić information content (AvgIpc) is 2.30. The Kier molecular flexibility index (Phi) is 7.21. The standard InChI is InChI=1S/C13H25NO3/c1-11(2)5-9-17-13(15)6-10-16-12-3-7-14-8-4-12/h11-12,14H,3-10H2,1-2H3. The molecular weight excluding hydrogens is 218 g/mol. The molecule has 1 saturated heterocycles. The van der Waals surface area contributed by atoms with E-state index in [0.29, 0.717) is 31.7 Å². The van der Waals surface area contributed by atoms with Gasteiger partial charge in [-0.3, -0.25) is 4.79 Å². The van der Waals surface area contributed by atoms with Gasteiger partial charge in [0.2, 0.25) is 0 Å². The Labute approximate surface area is 104 Å². The van der Waals surface area contributed by atoms with E-state index in [1.165, 1.54) is 0 Å². The van der Waals surface area contributed by atoms with E-state index < -0.39 is 0 Å². The predicted molar refractivity (Wildman–Crippen MR) is 66.9 cm³/mol. The molecule has 1 N–H and O–H groups in total. The highest BCUT2D eigenvalue weighted by Gasteiger charge is 2.13. The van der Waals surface area contributed by atoms with Gasteiger partial charge < -0.3 is 14.8 Å². The number of carbonyl (C=O) groups excluding carboxylic acids is 1. The molecule has 0 aromatic rings. The van der Waals surface area contributed by atoms with Crippen LogP contribution in [-0.2, 0) is 14.3 Å². The Bertz CT molecular complexity index is 213. The number of nitrogens with one attached hydrogen (secondary N) is 1. The zero-order valence-corrected chi connectivity index (χ0v) is 11.0. The fourth-order valence-corrected chi connectivity index (χ4v) is 1.75. The van der Waals surface area contributed by atoms with Gasteiger partial charge in [0.1, 0.15) is 0 Å². The van der Waals surface area contributed by atoms with E-state index in [2.05, 4.69) is 19.2 Å². The van der Waals surface area contributed by atoms with Crippen LogP contribution in [-0.4, -0.2) is 38.4 Å². The van der Waals surface area contributed by atoms with Gasteiger partial charge in [-0.25, -0.2) is 0 Å². The monoisotopic (exact) mass is 243 g/mol. The lowest BCUT2D eigenvalue weighted by atomic mass is 10.1. The van der Waals surface area contributed by atoms with Crippen molar-refractivity contribution in [3.05, 3.63) is 0 Å². The van der Waals surface area contributed by atoms with Crippen LogP contribution in [0, 0.1) is 5.92 Å². The van der Waals surface area contributed by atoms with Crippen LogP contribution in [0.1, 0.15) is 39.5 Å². The molecule has 0 atom stereocenters. The van der Waals surface area contributed by atoms with Gasteiger partial charge in [-0.1, -0.05) is 13.8 Å². The lowest BCUT2D eigenvalue weighted by Crippen LogP contribution is -2.32. The molecular formula is C13H25NO3. The van der Waals surface area contributed by atoms with Crippen LogP contribution in [0.4, 0.5) is 0 Å². The molecule has 0 spiro atoms. The maximum Gasteiger partial charge on any atom is 0.308 e. The minimum absolute atomic E-state index is 0.139. The lowest BCUT2D eigenvalue weighted by Gasteiger charge is -2.22. The summed E-state index contributed by atoms with van der Waals surface area (Å²) in [4.78, 5) is 11.4. The van der Waals surface area contributed by atoms with Gasteiger partial charge in [0.05, 0.1) is 25.7 Å². The first-order valence-electron chi connectivity index (χ1n) is 6.66. The average molecular weight is 243 g/mol. The summed E-state index contributed by atoms with van der Waals surface area (Å²) in [7, 11) is 0. The van der Waals surface area contributed by atoms with Crippen LogP contribution in [0.3, 0.4) is 0 Å². The van der Waals surface area contributed by atoms with E-state index in [1.54, 1.807) is 0 Å². The first kappa shape index (κ1) is 14.5. The molecule has 1 fully saturated rings. The number of carbonyl (C=O) groups is 1. The Morgan fingerprint density at radius 1 is 1.29 bits per heavy atom. The Morgan fingerprint density at radius 2 is 2.00 bits per heavy atom. The highest BCUT2D eigenvalue weighted by molar-refractivity contribution is 5.69. The molecule has 1 rings (SSSR count). The minimum Gasteiger partial charge on any atom is -0.466 e. The summed E-state index contributed by atoms with van der Waals surface area (Å²) < 4.78 is 10.8. The van der Waals surface area contributed by atoms with E-state index >= 15 is 0 Å². The number of rotatable bonds is 7. The third kappa shape index (κ3) is 7.34. The molecule has 1 aliphatic heterocycles. The summed E-state index contributed by atoms with van der Waals surface area (Å²) in [5, 5.41) is 3.28.